The van der Waals surface area contributed by atoms with Crippen molar-refractivity contribution in [2.45, 2.75) is 19.3 Å². The van der Waals surface area contributed by atoms with Gasteiger partial charge in [-0.25, -0.2) is 0 Å². The fourth-order valence-electron chi connectivity index (χ4n) is 2.30. The predicted molar refractivity (Wildman–Crippen MR) is 105 cm³/mol. The standard InChI is InChI=1S/C22H23NO3/c1-3-4-5-9-16-26-21-17-18(12-14-20(21)25-2)13-15-22(24)23-19-10-7-6-8-11-19/h1,6-8,10-15,17H,4-5,9,16H2,2H3,(H,23,24)/b15-13+. The lowest BCUT2D eigenvalue weighted by Crippen LogP contribution is -2.07. The minimum Gasteiger partial charge on any atom is -0.493 e. The molecule has 0 aliphatic rings. The number of para-hydroxylation sites is 1. The van der Waals surface area contributed by atoms with Gasteiger partial charge in [0.1, 0.15) is 0 Å². The van der Waals surface area contributed by atoms with Crippen molar-refractivity contribution in [1.82, 2.24) is 0 Å². The lowest BCUT2D eigenvalue weighted by Gasteiger charge is -2.11. The van der Waals surface area contributed by atoms with Crippen molar-refractivity contribution in [3.8, 4) is 23.8 Å². The molecule has 0 aliphatic carbocycles. The van der Waals surface area contributed by atoms with Crippen LogP contribution in [0, 0.1) is 12.3 Å². The van der Waals surface area contributed by atoms with Crippen LogP contribution in [0.5, 0.6) is 11.5 Å². The molecule has 0 atom stereocenters. The molecule has 0 saturated carbocycles. The van der Waals surface area contributed by atoms with Crippen LogP contribution in [0.15, 0.2) is 54.6 Å². The predicted octanol–water partition coefficient (Wildman–Crippen LogP) is 4.53. The average molecular weight is 349 g/mol. The number of hydrogen-bond donors (Lipinski definition) is 1. The van der Waals surface area contributed by atoms with Crippen LogP contribution in [0.4, 0.5) is 5.69 Å². The normalized spacial score (nSPS) is 10.3. The molecule has 2 rings (SSSR count). The van der Waals surface area contributed by atoms with Gasteiger partial charge in [-0.3, -0.25) is 4.79 Å². The second-order valence-electron chi connectivity index (χ2n) is 5.61. The van der Waals surface area contributed by atoms with Crippen molar-refractivity contribution >= 4 is 17.7 Å². The SMILES string of the molecule is C#CCCCCOc1cc(/C=C/C(=O)Nc2ccccc2)ccc1OC. The largest absolute Gasteiger partial charge is 0.493 e. The molecule has 2 aromatic rings. The minimum atomic E-state index is -0.191. The second kappa shape index (κ2) is 10.6. The van der Waals surface area contributed by atoms with Crippen molar-refractivity contribution in [3.63, 3.8) is 0 Å². The summed E-state index contributed by atoms with van der Waals surface area (Å²) in [5.41, 5.74) is 1.61. The Labute approximate surface area is 154 Å². The molecule has 1 amide bonds. The fourth-order valence-corrected chi connectivity index (χ4v) is 2.30. The van der Waals surface area contributed by atoms with Crippen LogP contribution in [0.1, 0.15) is 24.8 Å². The van der Waals surface area contributed by atoms with Gasteiger partial charge in [0, 0.05) is 18.2 Å². The van der Waals surface area contributed by atoms with E-state index in [1.807, 2.05) is 48.5 Å². The molecule has 0 fully saturated rings. The van der Waals surface area contributed by atoms with Gasteiger partial charge in [-0.05, 0) is 48.7 Å². The molecule has 0 radical (unpaired) electrons. The number of unbranched alkanes of at least 4 members (excludes halogenated alkanes) is 2. The fraction of sp³-hybridized carbons (Fsp3) is 0.227. The van der Waals surface area contributed by atoms with Gasteiger partial charge in [-0.15, -0.1) is 12.3 Å². The third-order valence-corrected chi connectivity index (χ3v) is 3.63. The second-order valence-corrected chi connectivity index (χ2v) is 5.61. The van der Waals surface area contributed by atoms with Crippen molar-refractivity contribution in [2.75, 3.05) is 19.0 Å². The summed E-state index contributed by atoms with van der Waals surface area (Å²) in [6, 6.07) is 14.9. The van der Waals surface area contributed by atoms with Crippen molar-refractivity contribution < 1.29 is 14.3 Å². The summed E-state index contributed by atoms with van der Waals surface area (Å²) >= 11 is 0. The van der Waals surface area contributed by atoms with E-state index < -0.39 is 0 Å². The monoisotopic (exact) mass is 349 g/mol. The first-order valence-electron chi connectivity index (χ1n) is 8.51. The Morgan fingerprint density at radius 1 is 1.15 bits per heavy atom. The lowest BCUT2D eigenvalue weighted by atomic mass is 10.2. The number of carbonyl (C=O) groups is 1. The number of carbonyl (C=O) groups excluding carboxylic acids is 1. The molecule has 0 aromatic heterocycles. The first-order valence-corrected chi connectivity index (χ1v) is 8.51. The number of rotatable bonds is 9. The van der Waals surface area contributed by atoms with Crippen LogP contribution in [0.2, 0.25) is 0 Å². The summed E-state index contributed by atoms with van der Waals surface area (Å²) in [5.74, 6) is 3.74. The van der Waals surface area contributed by atoms with E-state index in [9.17, 15) is 4.79 Å². The number of benzene rings is 2. The van der Waals surface area contributed by atoms with Gasteiger partial charge < -0.3 is 14.8 Å². The third kappa shape index (κ3) is 6.37. The number of methoxy groups -OCH3 is 1. The summed E-state index contributed by atoms with van der Waals surface area (Å²) in [5, 5.41) is 2.81. The maximum Gasteiger partial charge on any atom is 0.248 e. The number of terminal acetylenes is 1. The molecular formula is C22H23NO3. The number of amides is 1. The van der Waals surface area contributed by atoms with Crippen LogP contribution in [0.3, 0.4) is 0 Å². The molecule has 0 heterocycles. The quantitative estimate of drug-likeness (QED) is 0.411. The summed E-state index contributed by atoms with van der Waals surface area (Å²) in [6.07, 6.45) is 11.0. The highest BCUT2D eigenvalue weighted by molar-refractivity contribution is 6.01. The van der Waals surface area contributed by atoms with Crippen LogP contribution in [0.25, 0.3) is 6.08 Å². The van der Waals surface area contributed by atoms with Gasteiger partial charge in [-0.2, -0.15) is 0 Å². The van der Waals surface area contributed by atoms with Gasteiger partial charge in [0.25, 0.3) is 0 Å². The van der Waals surface area contributed by atoms with E-state index in [0.29, 0.717) is 18.1 Å². The summed E-state index contributed by atoms with van der Waals surface area (Å²) in [4.78, 5) is 12.0. The molecule has 1 N–H and O–H groups in total. The van der Waals surface area contributed by atoms with E-state index in [1.165, 1.54) is 6.08 Å². The molecule has 4 heteroatoms. The van der Waals surface area contributed by atoms with Crippen molar-refractivity contribution in [3.05, 3.63) is 60.2 Å². The Morgan fingerprint density at radius 2 is 1.96 bits per heavy atom. The molecule has 0 aliphatic heterocycles. The zero-order chi connectivity index (χ0) is 18.6. The molecular weight excluding hydrogens is 326 g/mol. The van der Waals surface area contributed by atoms with Crippen molar-refractivity contribution in [2.24, 2.45) is 0 Å². The summed E-state index contributed by atoms with van der Waals surface area (Å²) < 4.78 is 11.1. The zero-order valence-electron chi connectivity index (χ0n) is 14.9. The maximum absolute atomic E-state index is 12.0. The van der Waals surface area contributed by atoms with E-state index in [-0.39, 0.29) is 5.91 Å². The first-order chi connectivity index (χ1) is 12.7. The molecule has 0 unspecified atom stereocenters. The van der Waals surface area contributed by atoms with Gasteiger partial charge in [-0.1, -0.05) is 24.3 Å². The molecule has 26 heavy (non-hydrogen) atoms. The number of nitrogens with one attached hydrogen (secondary N) is 1. The van der Waals surface area contributed by atoms with Crippen LogP contribution >= 0.6 is 0 Å². The average Bonchev–Trinajstić information content (AvgIpc) is 2.67. The number of hydrogen-bond acceptors (Lipinski definition) is 3. The number of anilines is 1. The molecule has 4 nitrogen and oxygen atoms in total. The van der Waals surface area contributed by atoms with E-state index in [0.717, 1.165) is 30.5 Å². The maximum atomic E-state index is 12.0. The topological polar surface area (TPSA) is 47.6 Å². The molecule has 2 aromatic carbocycles. The number of ether oxygens (including phenoxy) is 2. The van der Waals surface area contributed by atoms with Gasteiger partial charge in [0.05, 0.1) is 13.7 Å². The summed E-state index contributed by atoms with van der Waals surface area (Å²) in [7, 11) is 1.60. The zero-order valence-corrected chi connectivity index (χ0v) is 14.9. The molecule has 134 valence electrons. The van der Waals surface area contributed by atoms with E-state index in [4.69, 9.17) is 15.9 Å². The smallest absolute Gasteiger partial charge is 0.248 e. The lowest BCUT2D eigenvalue weighted by molar-refractivity contribution is -0.111. The Bertz CT molecular complexity index is 776. The highest BCUT2D eigenvalue weighted by Crippen LogP contribution is 2.28. The Balaban J connectivity index is 1.97. The van der Waals surface area contributed by atoms with Crippen molar-refractivity contribution in [1.29, 1.82) is 0 Å². The summed E-state index contributed by atoms with van der Waals surface area (Å²) in [6.45, 7) is 0.569. The van der Waals surface area contributed by atoms with Crippen LogP contribution in [-0.4, -0.2) is 19.6 Å². The Hall–Kier alpha value is -3.19. The Kier molecular flexibility index (Phi) is 7.82. The van der Waals surface area contributed by atoms with Gasteiger partial charge in [0.15, 0.2) is 11.5 Å². The highest BCUT2D eigenvalue weighted by atomic mass is 16.5. The van der Waals surface area contributed by atoms with Gasteiger partial charge >= 0.3 is 0 Å². The van der Waals surface area contributed by atoms with E-state index in [2.05, 4.69) is 11.2 Å². The van der Waals surface area contributed by atoms with E-state index >= 15 is 0 Å². The third-order valence-electron chi connectivity index (χ3n) is 3.63. The minimum absolute atomic E-state index is 0.191. The van der Waals surface area contributed by atoms with Crippen LogP contribution in [-0.2, 0) is 4.79 Å². The first kappa shape index (κ1) is 19.1. The molecule has 0 bridgehead atoms. The van der Waals surface area contributed by atoms with Gasteiger partial charge in [0.2, 0.25) is 5.91 Å². The van der Waals surface area contributed by atoms with E-state index in [1.54, 1.807) is 13.2 Å². The Morgan fingerprint density at radius 3 is 2.69 bits per heavy atom. The molecule has 0 spiro atoms. The molecule has 0 saturated heterocycles. The highest BCUT2D eigenvalue weighted by Gasteiger charge is 2.05. The van der Waals surface area contributed by atoms with Crippen LogP contribution < -0.4 is 14.8 Å².